The second-order valence-corrected chi connectivity index (χ2v) is 8.19. The Balaban J connectivity index is 0.00000288. The standard InChI is InChI=1S/C16H26N4O2S.HI/c1-12-8-13(2)10-14(9-12)19-16(17)18-11-15-6-4-5-7-20(15)23(3,21)22;/h8-10,15H,4-7,11H2,1-3H3,(H3,17,18,19);1H. The normalized spacial score (nSPS) is 19.6. The Morgan fingerprint density at radius 3 is 2.50 bits per heavy atom. The first-order valence-corrected chi connectivity index (χ1v) is 9.72. The van der Waals surface area contributed by atoms with Crippen molar-refractivity contribution in [3.63, 3.8) is 0 Å². The first-order valence-electron chi connectivity index (χ1n) is 7.88. The van der Waals surface area contributed by atoms with E-state index in [0.29, 0.717) is 19.0 Å². The van der Waals surface area contributed by atoms with E-state index in [1.54, 1.807) is 4.31 Å². The molecule has 0 amide bonds. The summed E-state index contributed by atoms with van der Waals surface area (Å²) in [6.45, 7) is 5.01. The van der Waals surface area contributed by atoms with E-state index in [1.165, 1.54) is 6.26 Å². The van der Waals surface area contributed by atoms with Crippen molar-refractivity contribution >= 4 is 45.6 Å². The summed E-state index contributed by atoms with van der Waals surface area (Å²) in [5.74, 6) is 0.314. The Bertz CT molecular complexity index is 671. The van der Waals surface area contributed by atoms with Crippen molar-refractivity contribution in [2.75, 3.05) is 24.7 Å². The van der Waals surface area contributed by atoms with Gasteiger partial charge in [-0.3, -0.25) is 4.99 Å². The van der Waals surface area contributed by atoms with E-state index in [4.69, 9.17) is 5.73 Å². The zero-order valence-electron chi connectivity index (χ0n) is 14.4. The molecule has 0 aromatic heterocycles. The topological polar surface area (TPSA) is 87.8 Å². The predicted molar refractivity (Wildman–Crippen MR) is 111 cm³/mol. The largest absolute Gasteiger partial charge is 0.370 e. The average Bonchev–Trinajstić information content (AvgIpc) is 2.43. The minimum atomic E-state index is -3.19. The third-order valence-electron chi connectivity index (χ3n) is 3.97. The summed E-state index contributed by atoms with van der Waals surface area (Å²) in [7, 11) is -3.19. The summed E-state index contributed by atoms with van der Waals surface area (Å²) in [5, 5.41) is 3.08. The Labute approximate surface area is 162 Å². The molecule has 6 nitrogen and oxygen atoms in total. The van der Waals surface area contributed by atoms with E-state index in [1.807, 2.05) is 26.0 Å². The van der Waals surface area contributed by atoms with Crippen LogP contribution >= 0.6 is 24.0 Å². The molecule has 1 aromatic rings. The van der Waals surface area contributed by atoms with Crippen molar-refractivity contribution in [1.29, 1.82) is 0 Å². The van der Waals surface area contributed by atoms with E-state index in [9.17, 15) is 8.42 Å². The summed E-state index contributed by atoms with van der Waals surface area (Å²) in [6, 6.07) is 5.99. The van der Waals surface area contributed by atoms with Crippen LogP contribution in [0.1, 0.15) is 30.4 Å². The third kappa shape index (κ3) is 6.21. The molecule has 8 heteroatoms. The number of nitrogens with zero attached hydrogens (tertiary/aromatic N) is 2. The number of guanidine groups is 1. The Kier molecular flexibility index (Phi) is 7.94. The fourth-order valence-corrected chi connectivity index (χ4v) is 4.21. The van der Waals surface area contributed by atoms with E-state index >= 15 is 0 Å². The summed E-state index contributed by atoms with van der Waals surface area (Å²) >= 11 is 0. The third-order valence-corrected chi connectivity index (χ3v) is 5.30. The van der Waals surface area contributed by atoms with Crippen molar-refractivity contribution in [1.82, 2.24) is 4.31 Å². The van der Waals surface area contributed by atoms with Crippen LogP contribution in [0.15, 0.2) is 23.2 Å². The van der Waals surface area contributed by atoms with Crippen LogP contribution in [0.3, 0.4) is 0 Å². The predicted octanol–water partition coefficient (Wildman–Crippen LogP) is 2.46. The zero-order valence-corrected chi connectivity index (χ0v) is 17.6. The van der Waals surface area contributed by atoms with Gasteiger partial charge in [0.05, 0.1) is 12.8 Å². The van der Waals surface area contributed by atoms with Gasteiger partial charge in [0, 0.05) is 18.3 Å². The SMILES string of the molecule is Cc1cc(C)cc(NC(N)=NCC2CCCCN2S(C)(=O)=O)c1.I. The lowest BCUT2D eigenvalue weighted by Gasteiger charge is -2.32. The quantitative estimate of drug-likeness (QED) is 0.406. The summed E-state index contributed by atoms with van der Waals surface area (Å²) in [5.41, 5.74) is 9.14. The maximum Gasteiger partial charge on any atom is 0.211 e. The number of halogens is 1. The molecule has 1 fully saturated rings. The summed E-state index contributed by atoms with van der Waals surface area (Å²) in [6.07, 6.45) is 4.01. The van der Waals surface area contributed by atoms with Crippen LogP contribution in [0, 0.1) is 13.8 Å². The van der Waals surface area contributed by atoms with Gasteiger partial charge in [-0.15, -0.1) is 24.0 Å². The molecule has 0 aliphatic carbocycles. The lowest BCUT2D eigenvalue weighted by Crippen LogP contribution is -2.45. The van der Waals surface area contributed by atoms with Crippen molar-refractivity contribution < 1.29 is 8.42 Å². The van der Waals surface area contributed by atoms with E-state index in [0.717, 1.165) is 36.1 Å². The van der Waals surface area contributed by atoms with Gasteiger partial charge >= 0.3 is 0 Å². The number of benzene rings is 1. The number of hydrogen-bond acceptors (Lipinski definition) is 3. The van der Waals surface area contributed by atoms with Gasteiger partial charge in [-0.2, -0.15) is 4.31 Å². The molecule has 1 heterocycles. The zero-order chi connectivity index (χ0) is 17.0. The molecule has 1 aliphatic rings. The number of rotatable bonds is 4. The van der Waals surface area contributed by atoms with Crippen LogP contribution in [0.2, 0.25) is 0 Å². The number of hydrogen-bond donors (Lipinski definition) is 2. The molecule has 1 saturated heterocycles. The van der Waals surface area contributed by atoms with Gasteiger partial charge in [0.2, 0.25) is 10.0 Å². The number of sulfonamides is 1. The van der Waals surface area contributed by atoms with Gasteiger partial charge in [-0.25, -0.2) is 8.42 Å². The first-order chi connectivity index (χ1) is 10.8. The molecule has 1 aliphatic heterocycles. The van der Waals surface area contributed by atoms with E-state index in [2.05, 4.69) is 16.4 Å². The molecule has 0 spiro atoms. The number of aliphatic imine (C=N–C) groups is 1. The molecule has 0 saturated carbocycles. The van der Waals surface area contributed by atoms with E-state index in [-0.39, 0.29) is 30.0 Å². The van der Waals surface area contributed by atoms with Gasteiger partial charge in [0.15, 0.2) is 5.96 Å². The molecule has 0 radical (unpaired) electrons. The fourth-order valence-electron chi connectivity index (χ4n) is 3.03. The molecule has 0 bridgehead atoms. The average molecular weight is 466 g/mol. The Morgan fingerprint density at radius 2 is 1.92 bits per heavy atom. The second kappa shape index (κ2) is 9.00. The van der Waals surface area contributed by atoms with Crippen LogP contribution in [-0.2, 0) is 10.0 Å². The lowest BCUT2D eigenvalue weighted by molar-refractivity contribution is 0.259. The maximum absolute atomic E-state index is 11.8. The molecule has 1 unspecified atom stereocenters. The highest BCUT2D eigenvalue weighted by molar-refractivity contribution is 14.0. The highest BCUT2D eigenvalue weighted by Crippen LogP contribution is 2.20. The molecule has 136 valence electrons. The van der Waals surface area contributed by atoms with Crippen molar-refractivity contribution in [3.05, 3.63) is 29.3 Å². The molecule has 1 aromatic carbocycles. The van der Waals surface area contributed by atoms with Crippen molar-refractivity contribution in [3.8, 4) is 0 Å². The molecular formula is C16H27IN4O2S. The monoisotopic (exact) mass is 466 g/mol. The number of anilines is 1. The summed E-state index contributed by atoms with van der Waals surface area (Å²) in [4.78, 5) is 4.34. The summed E-state index contributed by atoms with van der Waals surface area (Å²) < 4.78 is 25.2. The molecular weight excluding hydrogens is 439 g/mol. The fraction of sp³-hybridized carbons (Fsp3) is 0.562. The Hall–Kier alpha value is -0.870. The maximum atomic E-state index is 11.8. The second-order valence-electron chi connectivity index (χ2n) is 6.25. The number of nitrogens with two attached hydrogens (primary N) is 1. The molecule has 24 heavy (non-hydrogen) atoms. The van der Waals surface area contributed by atoms with Gasteiger partial charge < -0.3 is 11.1 Å². The first kappa shape index (κ1) is 21.2. The minimum Gasteiger partial charge on any atom is -0.370 e. The van der Waals surface area contributed by atoms with Gasteiger partial charge in [0.1, 0.15) is 0 Å². The van der Waals surface area contributed by atoms with Crippen molar-refractivity contribution in [2.24, 2.45) is 10.7 Å². The van der Waals surface area contributed by atoms with Crippen LogP contribution in [0.25, 0.3) is 0 Å². The molecule has 2 rings (SSSR count). The number of nitrogens with one attached hydrogen (secondary N) is 1. The molecule has 1 atom stereocenters. The smallest absolute Gasteiger partial charge is 0.211 e. The van der Waals surface area contributed by atoms with Crippen LogP contribution in [-0.4, -0.2) is 44.1 Å². The Morgan fingerprint density at radius 1 is 1.29 bits per heavy atom. The highest BCUT2D eigenvalue weighted by Gasteiger charge is 2.28. The lowest BCUT2D eigenvalue weighted by atomic mass is 10.1. The van der Waals surface area contributed by atoms with Gasteiger partial charge in [-0.1, -0.05) is 12.5 Å². The van der Waals surface area contributed by atoms with E-state index < -0.39 is 10.0 Å². The van der Waals surface area contributed by atoms with Gasteiger partial charge in [0.25, 0.3) is 0 Å². The van der Waals surface area contributed by atoms with Crippen LogP contribution in [0.5, 0.6) is 0 Å². The van der Waals surface area contributed by atoms with Crippen LogP contribution < -0.4 is 11.1 Å². The van der Waals surface area contributed by atoms with Crippen molar-refractivity contribution in [2.45, 2.75) is 39.2 Å². The molecule has 3 N–H and O–H groups in total. The van der Waals surface area contributed by atoms with Gasteiger partial charge in [-0.05, 0) is 49.9 Å². The highest BCUT2D eigenvalue weighted by atomic mass is 127. The minimum absolute atomic E-state index is 0. The van der Waals surface area contributed by atoms with Crippen LogP contribution in [0.4, 0.5) is 5.69 Å². The number of aryl methyl sites for hydroxylation is 2. The number of piperidine rings is 1.